The van der Waals surface area contributed by atoms with Crippen LogP contribution >= 0.6 is 0 Å². The fourth-order valence-electron chi connectivity index (χ4n) is 0.730. The summed E-state index contributed by atoms with van der Waals surface area (Å²) in [6, 6.07) is 0. The van der Waals surface area contributed by atoms with Crippen molar-refractivity contribution in [2.24, 2.45) is 0 Å². The second kappa shape index (κ2) is 1.72. The first-order valence-corrected chi connectivity index (χ1v) is 4.39. The maximum Gasteiger partial charge on any atom is 0.154 e. The summed E-state index contributed by atoms with van der Waals surface area (Å²) in [7, 11) is -2.92. The fourth-order valence-corrected chi connectivity index (χ4v) is 1.78. The average Bonchev–Trinajstić information content (AvgIpc) is 1.16. The van der Waals surface area contributed by atoms with Crippen LogP contribution in [0, 0.1) is 6.26 Å². The summed E-state index contributed by atoms with van der Waals surface area (Å²) in [5.41, 5.74) is 0. The van der Waals surface area contributed by atoms with Gasteiger partial charge in [-0.25, -0.2) is 8.42 Å². The molecule has 0 aromatic carbocycles. The van der Waals surface area contributed by atoms with Crippen LogP contribution in [0.3, 0.4) is 0 Å². The van der Waals surface area contributed by atoms with Gasteiger partial charge >= 0.3 is 0 Å². The van der Waals surface area contributed by atoms with Crippen molar-refractivity contribution >= 4 is 9.84 Å². The molecule has 0 unspecified atom stereocenters. The Morgan fingerprint density at radius 1 is 1.38 bits per heavy atom. The molecule has 0 aromatic rings. The van der Waals surface area contributed by atoms with Crippen molar-refractivity contribution in [3.63, 3.8) is 0 Å². The molecule has 0 N–H and O–H groups in total. The highest BCUT2D eigenvalue weighted by atomic mass is 32.2. The van der Waals surface area contributed by atoms with E-state index in [1.54, 1.807) is 0 Å². The van der Waals surface area contributed by atoms with Gasteiger partial charge in [-0.1, -0.05) is 6.42 Å². The van der Waals surface area contributed by atoms with Crippen LogP contribution in [-0.2, 0) is 9.84 Å². The van der Waals surface area contributed by atoms with Gasteiger partial charge < -0.3 is 0 Å². The summed E-state index contributed by atoms with van der Waals surface area (Å²) < 4.78 is 21.0. The molecule has 0 aromatic heterocycles. The molecule has 0 heterocycles. The van der Waals surface area contributed by atoms with Gasteiger partial charge in [-0.2, -0.15) is 0 Å². The van der Waals surface area contributed by atoms with Crippen LogP contribution in [0.15, 0.2) is 0 Å². The molecule has 1 fully saturated rings. The summed E-state index contributed by atoms with van der Waals surface area (Å²) in [6.07, 6.45) is 5.77. The highest BCUT2D eigenvalue weighted by molar-refractivity contribution is 7.93. The summed E-state index contributed by atoms with van der Waals surface area (Å²) in [4.78, 5) is 0. The molecule has 47 valence electrons. The SMILES string of the molecule is [CH2]S(=O)(=O)C1CCC1. The minimum atomic E-state index is -2.92. The van der Waals surface area contributed by atoms with Crippen molar-refractivity contribution in [3.05, 3.63) is 6.26 Å². The van der Waals surface area contributed by atoms with E-state index in [1.165, 1.54) is 0 Å². The lowest BCUT2D eigenvalue weighted by atomic mass is 10.0. The Kier molecular flexibility index (Phi) is 1.31. The fraction of sp³-hybridized carbons (Fsp3) is 0.800. The predicted octanol–water partition coefficient (Wildman–Crippen LogP) is 0.745. The molecule has 0 aliphatic heterocycles. The minimum absolute atomic E-state index is 0.109. The molecule has 1 aliphatic rings. The monoisotopic (exact) mass is 133 g/mol. The zero-order chi connectivity index (χ0) is 6.20. The Morgan fingerprint density at radius 3 is 1.88 bits per heavy atom. The van der Waals surface area contributed by atoms with Crippen molar-refractivity contribution < 1.29 is 8.42 Å². The van der Waals surface area contributed by atoms with Crippen LogP contribution in [0.2, 0.25) is 0 Å². The molecule has 0 atom stereocenters. The molecule has 0 saturated heterocycles. The lowest BCUT2D eigenvalue weighted by Gasteiger charge is -2.22. The van der Waals surface area contributed by atoms with Crippen LogP contribution in [-0.4, -0.2) is 13.7 Å². The van der Waals surface area contributed by atoms with Gasteiger partial charge in [-0.05, 0) is 12.8 Å². The Morgan fingerprint density at radius 2 is 1.88 bits per heavy atom. The van der Waals surface area contributed by atoms with Crippen molar-refractivity contribution in [2.45, 2.75) is 24.5 Å². The summed E-state index contributed by atoms with van der Waals surface area (Å²) in [6.45, 7) is 0. The molecule has 8 heavy (non-hydrogen) atoms. The van der Waals surface area contributed by atoms with Crippen molar-refractivity contribution in [1.29, 1.82) is 0 Å². The van der Waals surface area contributed by atoms with Crippen LogP contribution < -0.4 is 0 Å². The first-order chi connectivity index (χ1) is 3.61. The normalized spacial score (nSPS) is 22.6. The highest BCUT2D eigenvalue weighted by Gasteiger charge is 2.26. The zero-order valence-corrected chi connectivity index (χ0v) is 5.45. The van der Waals surface area contributed by atoms with Crippen LogP contribution in [0.5, 0.6) is 0 Å². The van der Waals surface area contributed by atoms with Crippen LogP contribution in [0.25, 0.3) is 0 Å². The van der Waals surface area contributed by atoms with Gasteiger partial charge in [0.1, 0.15) is 0 Å². The molecule has 0 amide bonds. The Bertz CT molecular complexity index is 165. The third kappa shape index (κ3) is 1.02. The van der Waals surface area contributed by atoms with Gasteiger partial charge in [0, 0.05) is 0 Å². The standard InChI is InChI=1S/C5H9O2S/c1-8(6,7)5-3-2-4-5/h5H,1-4H2. The quantitative estimate of drug-likeness (QED) is 0.529. The van der Waals surface area contributed by atoms with E-state index in [2.05, 4.69) is 6.26 Å². The predicted molar refractivity (Wildman–Crippen MR) is 31.9 cm³/mol. The van der Waals surface area contributed by atoms with Crippen LogP contribution in [0.4, 0.5) is 0 Å². The summed E-state index contributed by atoms with van der Waals surface area (Å²) >= 11 is 0. The maximum atomic E-state index is 10.5. The van der Waals surface area contributed by atoms with Gasteiger partial charge in [-0.3, -0.25) is 0 Å². The summed E-state index contributed by atoms with van der Waals surface area (Å²) in [5.74, 6) is 0. The van der Waals surface area contributed by atoms with Gasteiger partial charge in [0.15, 0.2) is 9.84 Å². The molecular weight excluding hydrogens is 124 g/mol. The molecule has 1 aliphatic carbocycles. The molecule has 1 rings (SSSR count). The van der Waals surface area contributed by atoms with E-state index in [-0.39, 0.29) is 5.25 Å². The lowest BCUT2D eigenvalue weighted by molar-refractivity contribution is 0.481. The van der Waals surface area contributed by atoms with Crippen molar-refractivity contribution in [3.8, 4) is 0 Å². The second-order valence-electron chi connectivity index (χ2n) is 2.22. The van der Waals surface area contributed by atoms with Gasteiger partial charge in [0.2, 0.25) is 0 Å². The Labute approximate surface area is 49.8 Å². The molecule has 3 heteroatoms. The number of hydrogen-bond acceptors (Lipinski definition) is 2. The molecule has 0 bridgehead atoms. The van der Waals surface area contributed by atoms with Crippen LogP contribution in [0.1, 0.15) is 19.3 Å². The summed E-state index contributed by atoms with van der Waals surface area (Å²) in [5, 5.41) is -0.109. The zero-order valence-electron chi connectivity index (χ0n) is 4.63. The number of sulfone groups is 1. The topological polar surface area (TPSA) is 34.1 Å². The molecular formula is C5H9O2S. The van der Waals surface area contributed by atoms with E-state index in [0.29, 0.717) is 0 Å². The maximum absolute atomic E-state index is 10.5. The van der Waals surface area contributed by atoms with Gasteiger partial charge in [-0.15, -0.1) is 0 Å². The van der Waals surface area contributed by atoms with E-state index in [1.807, 2.05) is 0 Å². The van der Waals surface area contributed by atoms with Gasteiger partial charge in [0.25, 0.3) is 0 Å². The van der Waals surface area contributed by atoms with E-state index >= 15 is 0 Å². The first-order valence-electron chi connectivity index (χ1n) is 2.67. The molecule has 0 spiro atoms. The molecule has 1 saturated carbocycles. The first kappa shape index (κ1) is 6.08. The van der Waals surface area contributed by atoms with Crippen molar-refractivity contribution in [1.82, 2.24) is 0 Å². The van der Waals surface area contributed by atoms with E-state index in [9.17, 15) is 8.42 Å². The van der Waals surface area contributed by atoms with Gasteiger partial charge in [0.05, 0.1) is 11.5 Å². The smallest absolute Gasteiger partial charge is 0.154 e. The Hall–Kier alpha value is -0.0500. The molecule has 2 nitrogen and oxygen atoms in total. The van der Waals surface area contributed by atoms with E-state index in [0.717, 1.165) is 19.3 Å². The lowest BCUT2D eigenvalue weighted by Crippen LogP contribution is -2.25. The Balaban J connectivity index is 2.60. The van der Waals surface area contributed by atoms with Crippen molar-refractivity contribution in [2.75, 3.05) is 0 Å². The second-order valence-corrected chi connectivity index (χ2v) is 4.21. The van der Waals surface area contributed by atoms with E-state index in [4.69, 9.17) is 0 Å². The third-order valence-corrected chi connectivity index (χ3v) is 3.05. The third-order valence-electron chi connectivity index (χ3n) is 1.56. The number of hydrogen-bond donors (Lipinski definition) is 0. The largest absolute Gasteiger partial charge is 0.229 e. The minimum Gasteiger partial charge on any atom is -0.229 e. The average molecular weight is 133 g/mol. The molecule has 1 radical (unpaired) electrons. The number of rotatable bonds is 1. The highest BCUT2D eigenvalue weighted by Crippen LogP contribution is 2.25. The van der Waals surface area contributed by atoms with E-state index < -0.39 is 9.84 Å².